The summed E-state index contributed by atoms with van der Waals surface area (Å²) in [4.78, 5) is 0. The molecule has 8 heteroatoms. The van der Waals surface area contributed by atoms with Crippen LogP contribution in [-0.4, -0.2) is 103 Å². The zero-order valence-corrected chi connectivity index (χ0v) is 20.4. The Kier molecular flexibility index (Phi) is 14.9. The first kappa shape index (κ1) is 28.9. The lowest BCUT2D eigenvalue weighted by Crippen LogP contribution is -2.43. The fraction of sp³-hybridized carbons (Fsp3) is 0.750. The summed E-state index contributed by atoms with van der Waals surface area (Å²) < 4.78 is 33.0. The summed E-state index contributed by atoms with van der Waals surface area (Å²) in [6.07, 6.45) is 1.08. The lowest BCUT2D eigenvalue weighted by atomic mass is 9.96. The highest BCUT2D eigenvalue weighted by Crippen LogP contribution is 2.20. The third-order valence-electron chi connectivity index (χ3n) is 6.01. The zero-order chi connectivity index (χ0) is 23.9. The standard InChI is InChI=1S/C24H42O8/c1-27-19(23(31-5)21(15-25)29-3)12-10-17-8-7-9-18(14-17)11-13-20(28-2)24(32-6)22(16-26)30-4/h7-9,14,19-26H,10-13,15-16H2,1-6H3/t19-,20-,21+,22+,23+,24+/m0/s1. The molecular weight excluding hydrogens is 416 g/mol. The van der Waals surface area contributed by atoms with Gasteiger partial charge in [-0.1, -0.05) is 24.3 Å². The van der Waals surface area contributed by atoms with Gasteiger partial charge >= 0.3 is 0 Å². The van der Waals surface area contributed by atoms with Gasteiger partial charge in [-0.25, -0.2) is 0 Å². The predicted octanol–water partition coefficient (Wildman–Crippen LogP) is 1.63. The van der Waals surface area contributed by atoms with E-state index >= 15 is 0 Å². The molecule has 0 aliphatic rings. The van der Waals surface area contributed by atoms with Gasteiger partial charge in [-0.15, -0.1) is 0 Å². The van der Waals surface area contributed by atoms with Crippen molar-refractivity contribution in [2.45, 2.75) is 62.3 Å². The average Bonchev–Trinajstić information content (AvgIpc) is 2.83. The Labute approximate surface area is 192 Å². The molecule has 1 aromatic rings. The lowest BCUT2D eigenvalue weighted by Gasteiger charge is -2.30. The highest BCUT2D eigenvalue weighted by molar-refractivity contribution is 5.24. The minimum absolute atomic E-state index is 0.131. The molecular formula is C24H42O8. The van der Waals surface area contributed by atoms with Crippen molar-refractivity contribution in [3.05, 3.63) is 35.4 Å². The van der Waals surface area contributed by atoms with Crippen LogP contribution in [0, 0.1) is 0 Å². The molecule has 0 saturated carbocycles. The SMILES string of the molecule is CO[C@H]([C@H](CCc1cccc(CC[C@H](OC)[C@@H](OC)[C@@H](CO)OC)c1)OC)[C@@H](CO)OC. The van der Waals surface area contributed by atoms with Gasteiger partial charge in [-0.05, 0) is 36.8 Å². The van der Waals surface area contributed by atoms with Crippen LogP contribution in [-0.2, 0) is 41.3 Å². The van der Waals surface area contributed by atoms with Crippen molar-refractivity contribution in [3.63, 3.8) is 0 Å². The Bertz CT molecular complexity index is 544. The second-order valence-corrected chi connectivity index (χ2v) is 7.76. The van der Waals surface area contributed by atoms with Crippen LogP contribution in [0.3, 0.4) is 0 Å². The molecule has 1 aromatic carbocycles. The van der Waals surface area contributed by atoms with Crippen LogP contribution >= 0.6 is 0 Å². The Hall–Kier alpha value is -1.10. The van der Waals surface area contributed by atoms with E-state index in [-0.39, 0.29) is 37.6 Å². The van der Waals surface area contributed by atoms with Crippen molar-refractivity contribution in [3.8, 4) is 0 Å². The van der Waals surface area contributed by atoms with E-state index in [4.69, 9.17) is 28.4 Å². The van der Waals surface area contributed by atoms with E-state index in [9.17, 15) is 10.2 Å². The molecule has 0 aliphatic carbocycles. The number of methoxy groups -OCH3 is 6. The van der Waals surface area contributed by atoms with E-state index in [1.807, 2.05) is 6.07 Å². The third kappa shape index (κ3) is 8.68. The van der Waals surface area contributed by atoms with Crippen molar-refractivity contribution in [2.75, 3.05) is 55.9 Å². The van der Waals surface area contributed by atoms with Crippen LogP contribution < -0.4 is 0 Å². The van der Waals surface area contributed by atoms with E-state index in [1.165, 1.54) is 11.1 Å². The van der Waals surface area contributed by atoms with Gasteiger partial charge in [0.15, 0.2) is 0 Å². The number of ether oxygens (including phenoxy) is 6. The summed E-state index contributed by atoms with van der Waals surface area (Å²) in [5.41, 5.74) is 2.39. The second-order valence-electron chi connectivity index (χ2n) is 7.76. The number of benzene rings is 1. The fourth-order valence-corrected chi connectivity index (χ4v) is 4.10. The molecule has 0 aliphatic heterocycles. The van der Waals surface area contributed by atoms with Gasteiger partial charge in [0.05, 0.1) is 25.4 Å². The monoisotopic (exact) mass is 458 g/mol. The molecule has 0 radical (unpaired) electrons. The topological polar surface area (TPSA) is 95.8 Å². The van der Waals surface area contributed by atoms with E-state index < -0.39 is 12.2 Å². The normalized spacial score (nSPS) is 17.5. The molecule has 0 heterocycles. The van der Waals surface area contributed by atoms with E-state index in [0.717, 1.165) is 25.7 Å². The highest BCUT2D eigenvalue weighted by Gasteiger charge is 2.30. The molecule has 0 aromatic heterocycles. The lowest BCUT2D eigenvalue weighted by molar-refractivity contribution is -0.121. The summed E-state index contributed by atoms with van der Waals surface area (Å²) in [6.45, 7) is -0.263. The Morgan fingerprint density at radius 1 is 0.594 bits per heavy atom. The number of hydrogen-bond donors (Lipinski definition) is 2. The maximum absolute atomic E-state index is 9.54. The van der Waals surface area contributed by atoms with Crippen molar-refractivity contribution >= 4 is 0 Å². The van der Waals surface area contributed by atoms with Crippen LogP contribution in [0.4, 0.5) is 0 Å². The van der Waals surface area contributed by atoms with Gasteiger partial charge in [0.25, 0.3) is 0 Å². The van der Waals surface area contributed by atoms with Gasteiger partial charge in [-0.3, -0.25) is 0 Å². The molecule has 0 amide bonds. The minimum atomic E-state index is -0.439. The third-order valence-corrected chi connectivity index (χ3v) is 6.01. The number of aliphatic hydroxyl groups is 2. The van der Waals surface area contributed by atoms with E-state index in [1.54, 1.807) is 42.7 Å². The van der Waals surface area contributed by atoms with Gasteiger partial charge in [-0.2, -0.15) is 0 Å². The number of rotatable bonds is 18. The number of aliphatic hydroxyl groups excluding tert-OH is 2. The van der Waals surface area contributed by atoms with Crippen molar-refractivity contribution < 1.29 is 38.6 Å². The van der Waals surface area contributed by atoms with Crippen LogP contribution in [0.2, 0.25) is 0 Å². The average molecular weight is 459 g/mol. The Morgan fingerprint density at radius 2 is 0.969 bits per heavy atom. The predicted molar refractivity (Wildman–Crippen MR) is 122 cm³/mol. The smallest absolute Gasteiger partial charge is 0.112 e. The highest BCUT2D eigenvalue weighted by atomic mass is 16.6. The molecule has 8 nitrogen and oxygen atoms in total. The Morgan fingerprint density at radius 3 is 1.25 bits per heavy atom. The summed E-state index contributed by atoms with van der Waals surface area (Å²) in [7, 11) is 9.61. The van der Waals surface area contributed by atoms with Gasteiger partial charge in [0.1, 0.15) is 24.4 Å². The van der Waals surface area contributed by atoms with Crippen molar-refractivity contribution in [1.82, 2.24) is 0 Å². The quantitative estimate of drug-likeness (QED) is 0.343. The van der Waals surface area contributed by atoms with E-state index in [2.05, 4.69) is 18.2 Å². The maximum atomic E-state index is 9.54. The molecule has 32 heavy (non-hydrogen) atoms. The fourth-order valence-electron chi connectivity index (χ4n) is 4.10. The Balaban J connectivity index is 2.76. The molecule has 1 rings (SSSR count). The maximum Gasteiger partial charge on any atom is 0.112 e. The van der Waals surface area contributed by atoms with Crippen LogP contribution in [0.25, 0.3) is 0 Å². The largest absolute Gasteiger partial charge is 0.394 e. The molecule has 0 unspecified atom stereocenters. The molecule has 186 valence electrons. The number of hydrogen-bond acceptors (Lipinski definition) is 8. The van der Waals surface area contributed by atoms with Crippen molar-refractivity contribution in [2.24, 2.45) is 0 Å². The first-order valence-corrected chi connectivity index (χ1v) is 11.0. The number of aryl methyl sites for hydroxylation is 2. The molecule has 6 atom stereocenters. The summed E-state index contributed by atoms with van der Waals surface area (Å²) in [5, 5.41) is 19.1. The summed E-state index contributed by atoms with van der Waals surface area (Å²) >= 11 is 0. The molecule has 0 spiro atoms. The summed E-state index contributed by atoms with van der Waals surface area (Å²) in [5.74, 6) is 0. The first-order chi connectivity index (χ1) is 15.5. The first-order valence-electron chi connectivity index (χ1n) is 11.0. The second kappa shape index (κ2) is 16.5. The minimum Gasteiger partial charge on any atom is -0.394 e. The molecule has 0 bridgehead atoms. The molecule has 2 N–H and O–H groups in total. The van der Waals surface area contributed by atoms with Crippen LogP contribution in [0.15, 0.2) is 24.3 Å². The summed E-state index contributed by atoms with van der Waals surface area (Å²) in [6, 6.07) is 8.42. The van der Waals surface area contributed by atoms with Gasteiger partial charge in [0, 0.05) is 42.7 Å². The van der Waals surface area contributed by atoms with Crippen LogP contribution in [0.5, 0.6) is 0 Å². The molecule has 0 fully saturated rings. The van der Waals surface area contributed by atoms with Gasteiger partial charge < -0.3 is 38.6 Å². The molecule has 0 saturated heterocycles. The zero-order valence-electron chi connectivity index (χ0n) is 20.4. The van der Waals surface area contributed by atoms with Crippen LogP contribution in [0.1, 0.15) is 24.0 Å². The van der Waals surface area contributed by atoms with E-state index in [0.29, 0.717) is 0 Å². The van der Waals surface area contributed by atoms with Gasteiger partial charge in [0.2, 0.25) is 0 Å². The van der Waals surface area contributed by atoms with Crippen molar-refractivity contribution in [1.29, 1.82) is 0 Å².